The summed E-state index contributed by atoms with van der Waals surface area (Å²) in [4.78, 5) is 29.5. The number of hydrogen-bond donors (Lipinski definition) is 0. The van der Waals surface area contributed by atoms with Crippen LogP contribution in [0, 0.1) is 5.82 Å². The molecule has 1 aromatic heterocycles. The van der Waals surface area contributed by atoms with E-state index in [9.17, 15) is 14.0 Å². The van der Waals surface area contributed by atoms with Crippen LogP contribution in [-0.4, -0.2) is 63.5 Å². The fraction of sp³-hybridized carbons (Fsp3) is 0.318. The fourth-order valence-electron chi connectivity index (χ4n) is 3.92. The number of aryl methyl sites for hydroxylation is 1. The molecule has 150 valence electrons. The Kier molecular flexibility index (Phi) is 5.15. The fourth-order valence-corrected chi connectivity index (χ4v) is 3.92. The quantitative estimate of drug-likeness (QED) is 0.639. The summed E-state index contributed by atoms with van der Waals surface area (Å²) in [5.41, 5.74) is 1.88. The van der Waals surface area contributed by atoms with Crippen molar-refractivity contribution in [3.8, 4) is 0 Å². The minimum atomic E-state index is -0.357. The van der Waals surface area contributed by atoms with Gasteiger partial charge in [0.2, 0.25) is 0 Å². The Balaban J connectivity index is 1.44. The van der Waals surface area contributed by atoms with Crippen molar-refractivity contribution in [2.24, 2.45) is 7.05 Å². The number of amides is 1. The first-order chi connectivity index (χ1) is 13.9. The number of benzene rings is 2. The summed E-state index contributed by atoms with van der Waals surface area (Å²) in [5.74, 6) is -0.490. The van der Waals surface area contributed by atoms with Crippen molar-refractivity contribution in [3.63, 3.8) is 0 Å². The molecule has 29 heavy (non-hydrogen) atoms. The van der Waals surface area contributed by atoms with Gasteiger partial charge in [0.1, 0.15) is 5.82 Å². The van der Waals surface area contributed by atoms with E-state index in [4.69, 9.17) is 0 Å². The van der Waals surface area contributed by atoms with Crippen LogP contribution in [0.5, 0.6) is 0 Å². The topological polar surface area (TPSA) is 58.4 Å². The highest BCUT2D eigenvalue weighted by Crippen LogP contribution is 2.21. The molecular weight excluding hydrogens is 371 g/mol. The Morgan fingerprint density at radius 2 is 1.83 bits per heavy atom. The molecule has 3 aromatic rings. The predicted octanol–water partition coefficient (Wildman–Crippen LogP) is 2.74. The molecule has 2 aromatic carbocycles. The number of carbonyl (C=O) groups is 2. The second-order valence-corrected chi connectivity index (χ2v) is 7.50. The molecule has 1 saturated heterocycles. The van der Waals surface area contributed by atoms with Crippen LogP contribution in [0.3, 0.4) is 0 Å². The Morgan fingerprint density at radius 3 is 2.55 bits per heavy atom. The van der Waals surface area contributed by atoms with Crippen molar-refractivity contribution >= 4 is 22.6 Å². The van der Waals surface area contributed by atoms with E-state index in [1.807, 2.05) is 48.0 Å². The van der Waals surface area contributed by atoms with Crippen LogP contribution in [0.1, 0.15) is 27.8 Å². The molecule has 0 spiro atoms. The maximum atomic E-state index is 13.1. The van der Waals surface area contributed by atoms with E-state index in [-0.39, 0.29) is 30.1 Å². The van der Waals surface area contributed by atoms with Crippen LogP contribution in [0.4, 0.5) is 4.39 Å². The highest BCUT2D eigenvalue weighted by Gasteiger charge is 2.31. The number of para-hydroxylation sites is 1. The first-order valence-electron chi connectivity index (χ1n) is 9.68. The van der Waals surface area contributed by atoms with Gasteiger partial charge in [0.15, 0.2) is 11.5 Å². The summed E-state index contributed by atoms with van der Waals surface area (Å²) in [5, 5.41) is 5.29. The van der Waals surface area contributed by atoms with Crippen LogP contribution >= 0.6 is 0 Å². The summed E-state index contributed by atoms with van der Waals surface area (Å²) >= 11 is 0. The van der Waals surface area contributed by atoms with Gasteiger partial charge < -0.3 is 4.90 Å². The zero-order valence-electron chi connectivity index (χ0n) is 16.5. The lowest BCUT2D eigenvalue weighted by molar-refractivity contribution is 0.0479. The van der Waals surface area contributed by atoms with Gasteiger partial charge in [-0.1, -0.05) is 18.2 Å². The molecular formula is C22H23FN4O2. The van der Waals surface area contributed by atoms with Crippen LogP contribution in [0.15, 0.2) is 48.5 Å². The molecule has 0 N–H and O–H groups in total. The summed E-state index contributed by atoms with van der Waals surface area (Å²) < 4.78 is 14.8. The van der Waals surface area contributed by atoms with E-state index >= 15 is 0 Å². The summed E-state index contributed by atoms with van der Waals surface area (Å²) in [6, 6.07) is 13.3. The largest absolute Gasteiger partial charge is 0.332 e. The molecule has 2 heterocycles. The van der Waals surface area contributed by atoms with E-state index in [2.05, 4.69) is 5.10 Å². The molecule has 1 fully saturated rings. The van der Waals surface area contributed by atoms with Crippen molar-refractivity contribution in [3.05, 3.63) is 65.6 Å². The van der Waals surface area contributed by atoms with Crippen molar-refractivity contribution in [1.29, 1.82) is 0 Å². The molecule has 1 atom stereocenters. The molecule has 0 saturated carbocycles. The second-order valence-electron chi connectivity index (χ2n) is 7.50. The number of halogens is 1. The number of nitrogens with zero attached hydrogens (tertiary/aromatic N) is 4. The predicted molar refractivity (Wildman–Crippen MR) is 108 cm³/mol. The Labute approximate surface area is 168 Å². The molecule has 1 aliphatic rings. The van der Waals surface area contributed by atoms with Crippen molar-refractivity contribution in [2.75, 3.05) is 26.2 Å². The summed E-state index contributed by atoms with van der Waals surface area (Å²) in [6.45, 7) is 3.97. The van der Waals surface area contributed by atoms with Crippen LogP contribution < -0.4 is 0 Å². The monoisotopic (exact) mass is 394 g/mol. The summed E-state index contributed by atoms with van der Waals surface area (Å²) in [7, 11) is 1.83. The van der Waals surface area contributed by atoms with E-state index in [1.54, 1.807) is 4.68 Å². The van der Waals surface area contributed by atoms with Gasteiger partial charge in [-0.3, -0.25) is 19.2 Å². The third-order valence-electron chi connectivity index (χ3n) is 5.47. The number of carbonyl (C=O) groups excluding carboxylic acids is 2. The molecule has 1 amide bonds. The Morgan fingerprint density at radius 1 is 1.10 bits per heavy atom. The zero-order chi connectivity index (χ0) is 20.5. The highest BCUT2D eigenvalue weighted by molar-refractivity contribution is 6.05. The van der Waals surface area contributed by atoms with Gasteiger partial charge >= 0.3 is 0 Å². The number of piperazine rings is 1. The van der Waals surface area contributed by atoms with Crippen LogP contribution in [0.2, 0.25) is 0 Å². The van der Waals surface area contributed by atoms with E-state index in [1.165, 1.54) is 24.3 Å². The lowest BCUT2D eigenvalue weighted by Gasteiger charge is -2.39. The van der Waals surface area contributed by atoms with Gasteiger partial charge in [-0.25, -0.2) is 4.39 Å². The number of hydrogen-bond acceptors (Lipinski definition) is 4. The van der Waals surface area contributed by atoms with E-state index in [0.29, 0.717) is 30.9 Å². The van der Waals surface area contributed by atoms with E-state index < -0.39 is 0 Å². The van der Waals surface area contributed by atoms with Gasteiger partial charge in [-0.05, 0) is 37.3 Å². The molecule has 1 aliphatic heterocycles. The first kappa shape index (κ1) is 19.3. The number of ketones is 1. The second kappa shape index (κ2) is 7.75. The smallest absolute Gasteiger partial charge is 0.275 e. The number of fused-ring (bicyclic) bond motifs is 1. The van der Waals surface area contributed by atoms with Crippen molar-refractivity contribution in [2.45, 2.75) is 13.0 Å². The number of Topliss-reactive ketones (excluding diaryl/α,β-unsaturated/α-hetero) is 1. The zero-order valence-corrected chi connectivity index (χ0v) is 16.5. The Bertz CT molecular complexity index is 1060. The molecule has 6 nitrogen and oxygen atoms in total. The van der Waals surface area contributed by atoms with Gasteiger partial charge in [0, 0.05) is 43.7 Å². The maximum Gasteiger partial charge on any atom is 0.275 e. The van der Waals surface area contributed by atoms with Gasteiger partial charge in [0.25, 0.3) is 5.91 Å². The molecule has 0 radical (unpaired) electrons. The third-order valence-corrected chi connectivity index (χ3v) is 5.47. The molecule has 4 rings (SSSR count). The lowest BCUT2D eigenvalue weighted by atomic mass is 10.1. The van der Waals surface area contributed by atoms with Crippen LogP contribution in [0.25, 0.3) is 10.9 Å². The molecule has 0 aliphatic carbocycles. The van der Waals surface area contributed by atoms with Crippen molar-refractivity contribution in [1.82, 2.24) is 19.6 Å². The molecule has 0 bridgehead atoms. The Hall–Kier alpha value is -3.06. The number of aromatic nitrogens is 2. The summed E-state index contributed by atoms with van der Waals surface area (Å²) in [6.07, 6.45) is 0. The maximum absolute atomic E-state index is 13.1. The number of rotatable bonds is 4. The molecule has 7 heteroatoms. The van der Waals surface area contributed by atoms with Gasteiger partial charge in [-0.2, -0.15) is 5.10 Å². The van der Waals surface area contributed by atoms with Crippen molar-refractivity contribution < 1.29 is 14.0 Å². The standard InChI is InChI=1S/C22H23FN4O2/c1-15-13-26(14-20(28)16-7-9-17(23)10-8-16)11-12-27(15)22(29)21-18-5-3-4-6-19(18)25(2)24-21/h3-10,15H,11-14H2,1-2H3. The SMILES string of the molecule is CC1CN(CC(=O)c2ccc(F)cc2)CCN1C(=O)c1nn(C)c2ccccc12. The average molecular weight is 394 g/mol. The third kappa shape index (κ3) is 3.78. The lowest BCUT2D eigenvalue weighted by Crippen LogP contribution is -2.54. The minimum Gasteiger partial charge on any atom is -0.332 e. The van der Waals surface area contributed by atoms with E-state index in [0.717, 1.165) is 10.9 Å². The minimum absolute atomic E-state index is 0.0435. The normalized spacial score (nSPS) is 17.6. The van der Waals surface area contributed by atoms with Gasteiger partial charge in [0.05, 0.1) is 12.1 Å². The highest BCUT2D eigenvalue weighted by atomic mass is 19.1. The van der Waals surface area contributed by atoms with Gasteiger partial charge in [-0.15, -0.1) is 0 Å². The first-order valence-corrected chi connectivity index (χ1v) is 9.68. The van der Waals surface area contributed by atoms with Crippen LogP contribution in [-0.2, 0) is 7.05 Å². The average Bonchev–Trinajstić information content (AvgIpc) is 3.05. The molecule has 1 unspecified atom stereocenters.